The number of carbonyl (C=O) groups is 1. The van der Waals surface area contributed by atoms with E-state index in [4.69, 9.17) is 9.47 Å². The van der Waals surface area contributed by atoms with Crippen LogP contribution in [-0.4, -0.2) is 57.4 Å². The summed E-state index contributed by atoms with van der Waals surface area (Å²) in [6, 6.07) is 10.1. The molecule has 0 bridgehead atoms. The van der Waals surface area contributed by atoms with Crippen molar-refractivity contribution in [3.8, 4) is 0 Å². The summed E-state index contributed by atoms with van der Waals surface area (Å²) in [5, 5.41) is 0. The topological polar surface area (TPSA) is 62.8 Å². The first-order valence-electron chi connectivity index (χ1n) is 7.59. The first-order chi connectivity index (χ1) is 10.8. The van der Waals surface area contributed by atoms with Gasteiger partial charge in [0.1, 0.15) is 6.04 Å². The maximum absolute atomic E-state index is 12.6. The first kappa shape index (κ1) is 16.9. The fraction of sp³-hybridized carbons (Fsp3) is 0.562. The summed E-state index contributed by atoms with van der Waals surface area (Å²) in [5.41, 5.74) is 7.51. The molecule has 0 aliphatic carbocycles. The van der Waals surface area contributed by atoms with E-state index in [0.717, 1.165) is 6.42 Å². The van der Waals surface area contributed by atoms with Crippen LogP contribution in [0.5, 0.6) is 0 Å². The van der Waals surface area contributed by atoms with Crippen LogP contribution in [0.4, 0.5) is 0 Å². The first-order valence-corrected chi connectivity index (χ1v) is 7.59. The Kier molecular flexibility index (Phi) is 6.79. The molecule has 1 aromatic carbocycles. The molecule has 122 valence electrons. The zero-order valence-corrected chi connectivity index (χ0v) is 13.2. The summed E-state index contributed by atoms with van der Waals surface area (Å²) in [6.45, 7) is 2.20. The van der Waals surface area contributed by atoms with E-state index in [0.29, 0.717) is 26.3 Å². The molecule has 2 unspecified atom stereocenters. The molecule has 2 N–H and O–H groups in total. The summed E-state index contributed by atoms with van der Waals surface area (Å²) < 4.78 is 10.2. The van der Waals surface area contributed by atoms with Crippen LogP contribution < -0.4 is 10.9 Å². The molecule has 1 aliphatic heterocycles. The van der Waals surface area contributed by atoms with Crippen LogP contribution in [0.25, 0.3) is 0 Å². The molecule has 6 nitrogen and oxygen atoms in total. The van der Waals surface area contributed by atoms with Gasteiger partial charge in [0.05, 0.1) is 13.2 Å². The van der Waals surface area contributed by atoms with Crippen LogP contribution in [-0.2, 0) is 14.3 Å². The highest BCUT2D eigenvalue weighted by Gasteiger charge is 2.32. The SMILES string of the molecule is COCCN(CCOC)C(=O)C1CC(c2ccccc2)NN1. The van der Waals surface area contributed by atoms with Gasteiger partial charge in [-0.25, -0.2) is 10.9 Å². The van der Waals surface area contributed by atoms with Gasteiger partial charge >= 0.3 is 0 Å². The third-order valence-corrected chi connectivity index (χ3v) is 3.85. The standard InChI is InChI=1S/C16H25N3O3/c1-21-10-8-19(9-11-22-2)16(20)15-12-14(17-18-15)13-6-4-3-5-7-13/h3-7,14-15,17-18H,8-12H2,1-2H3. The molecule has 1 heterocycles. The van der Waals surface area contributed by atoms with Crippen LogP contribution >= 0.6 is 0 Å². The lowest BCUT2D eigenvalue weighted by atomic mass is 10.0. The van der Waals surface area contributed by atoms with Crippen molar-refractivity contribution in [1.29, 1.82) is 0 Å². The number of hydrogen-bond acceptors (Lipinski definition) is 5. The van der Waals surface area contributed by atoms with Crippen LogP contribution in [0, 0.1) is 0 Å². The molecule has 1 amide bonds. The van der Waals surface area contributed by atoms with Crippen molar-refractivity contribution in [2.75, 3.05) is 40.5 Å². The Balaban J connectivity index is 1.93. The molecular weight excluding hydrogens is 282 g/mol. The predicted molar refractivity (Wildman–Crippen MR) is 84.2 cm³/mol. The van der Waals surface area contributed by atoms with Gasteiger partial charge in [0.15, 0.2) is 0 Å². The van der Waals surface area contributed by atoms with Crippen molar-refractivity contribution < 1.29 is 14.3 Å². The van der Waals surface area contributed by atoms with Crippen molar-refractivity contribution in [2.45, 2.75) is 18.5 Å². The summed E-state index contributed by atoms with van der Waals surface area (Å²) in [6.07, 6.45) is 0.735. The Bertz CT molecular complexity index is 447. The number of nitrogens with one attached hydrogen (secondary N) is 2. The van der Waals surface area contributed by atoms with E-state index in [2.05, 4.69) is 23.0 Å². The number of hydrazine groups is 1. The second kappa shape index (κ2) is 8.85. The Morgan fingerprint density at radius 2 is 1.77 bits per heavy atom. The minimum absolute atomic E-state index is 0.0834. The Morgan fingerprint density at radius 3 is 2.36 bits per heavy atom. The van der Waals surface area contributed by atoms with Crippen molar-refractivity contribution in [2.24, 2.45) is 0 Å². The molecule has 2 atom stereocenters. The third kappa shape index (κ3) is 4.51. The van der Waals surface area contributed by atoms with Crippen molar-refractivity contribution in [3.05, 3.63) is 35.9 Å². The van der Waals surface area contributed by atoms with Gasteiger partial charge in [0.25, 0.3) is 0 Å². The predicted octanol–water partition coefficient (Wildman–Crippen LogP) is 0.716. The lowest BCUT2D eigenvalue weighted by Crippen LogP contribution is -2.47. The number of hydrogen-bond donors (Lipinski definition) is 2. The van der Waals surface area contributed by atoms with Crippen LogP contribution in [0.15, 0.2) is 30.3 Å². The zero-order valence-electron chi connectivity index (χ0n) is 13.2. The van der Waals surface area contributed by atoms with Gasteiger partial charge in [-0.3, -0.25) is 4.79 Å². The maximum Gasteiger partial charge on any atom is 0.241 e. The number of benzene rings is 1. The molecule has 1 saturated heterocycles. The van der Waals surface area contributed by atoms with E-state index < -0.39 is 0 Å². The molecular formula is C16H25N3O3. The molecule has 6 heteroatoms. The number of rotatable bonds is 8. The summed E-state index contributed by atoms with van der Waals surface area (Å²) in [7, 11) is 3.28. The molecule has 1 aromatic rings. The summed E-state index contributed by atoms with van der Waals surface area (Å²) in [4.78, 5) is 14.4. The number of methoxy groups -OCH3 is 2. The molecule has 22 heavy (non-hydrogen) atoms. The monoisotopic (exact) mass is 307 g/mol. The second-order valence-corrected chi connectivity index (χ2v) is 5.35. The summed E-state index contributed by atoms with van der Waals surface area (Å²) in [5.74, 6) is 0.0834. The van der Waals surface area contributed by atoms with Gasteiger partial charge in [0.2, 0.25) is 5.91 Å². The highest BCUT2D eigenvalue weighted by Crippen LogP contribution is 2.22. The van der Waals surface area contributed by atoms with Crippen LogP contribution in [0.2, 0.25) is 0 Å². The molecule has 0 saturated carbocycles. The average molecular weight is 307 g/mol. The number of nitrogens with zero attached hydrogens (tertiary/aromatic N) is 1. The van der Waals surface area contributed by atoms with E-state index in [9.17, 15) is 4.79 Å². The van der Waals surface area contributed by atoms with Gasteiger partial charge in [0, 0.05) is 33.4 Å². The van der Waals surface area contributed by atoms with Crippen molar-refractivity contribution >= 4 is 5.91 Å². The van der Waals surface area contributed by atoms with Crippen LogP contribution in [0.3, 0.4) is 0 Å². The third-order valence-electron chi connectivity index (χ3n) is 3.85. The quantitative estimate of drug-likeness (QED) is 0.741. The second-order valence-electron chi connectivity index (χ2n) is 5.35. The van der Waals surface area contributed by atoms with Gasteiger partial charge in [-0.1, -0.05) is 30.3 Å². The van der Waals surface area contributed by atoms with Gasteiger partial charge in [-0.2, -0.15) is 0 Å². The smallest absolute Gasteiger partial charge is 0.241 e. The van der Waals surface area contributed by atoms with E-state index in [1.54, 1.807) is 19.1 Å². The maximum atomic E-state index is 12.6. The minimum Gasteiger partial charge on any atom is -0.383 e. The minimum atomic E-state index is -0.223. The normalized spacial score (nSPS) is 21.0. The van der Waals surface area contributed by atoms with E-state index in [-0.39, 0.29) is 18.0 Å². The largest absolute Gasteiger partial charge is 0.383 e. The van der Waals surface area contributed by atoms with E-state index in [1.807, 2.05) is 18.2 Å². The van der Waals surface area contributed by atoms with Gasteiger partial charge in [-0.15, -0.1) is 0 Å². The lowest BCUT2D eigenvalue weighted by Gasteiger charge is -2.24. The molecule has 1 fully saturated rings. The molecule has 2 rings (SSSR count). The lowest BCUT2D eigenvalue weighted by molar-refractivity contribution is -0.134. The fourth-order valence-corrected chi connectivity index (χ4v) is 2.58. The zero-order chi connectivity index (χ0) is 15.8. The van der Waals surface area contributed by atoms with Gasteiger partial charge in [-0.05, 0) is 12.0 Å². The van der Waals surface area contributed by atoms with Crippen LogP contribution in [0.1, 0.15) is 18.0 Å². The van der Waals surface area contributed by atoms with Crippen molar-refractivity contribution in [1.82, 2.24) is 15.8 Å². The Labute approximate surface area is 131 Å². The number of ether oxygens (including phenoxy) is 2. The van der Waals surface area contributed by atoms with Crippen molar-refractivity contribution in [3.63, 3.8) is 0 Å². The molecule has 1 aliphatic rings. The highest BCUT2D eigenvalue weighted by molar-refractivity contribution is 5.82. The fourth-order valence-electron chi connectivity index (χ4n) is 2.58. The molecule has 0 spiro atoms. The molecule has 0 aromatic heterocycles. The summed E-state index contributed by atoms with van der Waals surface area (Å²) >= 11 is 0. The Morgan fingerprint density at radius 1 is 1.14 bits per heavy atom. The average Bonchev–Trinajstić information content (AvgIpc) is 3.05. The Hall–Kier alpha value is -1.47. The van der Waals surface area contributed by atoms with Gasteiger partial charge < -0.3 is 14.4 Å². The highest BCUT2D eigenvalue weighted by atomic mass is 16.5. The van der Waals surface area contributed by atoms with E-state index in [1.165, 1.54) is 5.56 Å². The number of carbonyl (C=O) groups excluding carboxylic acids is 1. The molecule has 0 radical (unpaired) electrons. The van der Waals surface area contributed by atoms with E-state index >= 15 is 0 Å². The number of amides is 1.